The first-order chi connectivity index (χ1) is 11.2. The van der Waals surface area contributed by atoms with Crippen molar-refractivity contribution in [1.29, 1.82) is 0 Å². The lowest BCUT2D eigenvalue weighted by Crippen LogP contribution is -2.31. The Balaban J connectivity index is 1.66. The standard InChI is InChI=1S/C18H23N3O2/c1-3-23-16-8-6-14(7-9-16)11-18(22)21-10-4-5-17-15(13-21)12-19-20(17)2/h6-9,12H,3-5,10-11,13H2,1-2H3. The SMILES string of the molecule is CCOc1ccc(CC(=O)N2CCCc3c(cnn3C)C2)cc1. The summed E-state index contributed by atoms with van der Waals surface area (Å²) in [5, 5.41) is 4.31. The van der Waals surface area contributed by atoms with E-state index in [1.54, 1.807) is 0 Å². The van der Waals surface area contributed by atoms with Crippen molar-refractivity contribution in [3.63, 3.8) is 0 Å². The van der Waals surface area contributed by atoms with Gasteiger partial charge >= 0.3 is 0 Å². The molecule has 0 unspecified atom stereocenters. The van der Waals surface area contributed by atoms with Gasteiger partial charge in [-0.05, 0) is 37.5 Å². The smallest absolute Gasteiger partial charge is 0.227 e. The van der Waals surface area contributed by atoms with Gasteiger partial charge in [-0.15, -0.1) is 0 Å². The number of carbonyl (C=O) groups excluding carboxylic acids is 1. The number of ether oxygens (including phenoxy) is 1. The predicted octanol–water partition coefficient (Wildman–Crippen LogP) is 2.34. The molecule has 3 rings (SSSR count). The zero-order valence-electron chi connectivity index (χ0n) is 13.8. The summed E-state index contributed by atoms with van der Waals surface area (Å²) in [5.41, 5.74) is 3.44. The first kappa shape index (κ1) is 15.6. The number of amides is 1. The van der Waals surface area contributed by atoms with E-state index < -0.39 is 0 Å². The number of aryl methyl sites for hydroxylation is 1. The van der Waals surface area contributed by atoms with E-state index in [1.165, 1.54) is 11.3 Å². The number of hydrogen-bond donors (Lipinski definition) is 0. The molecule has 1 aliphatic heterocycles. The molecular formula is C18H23N3O2. The van der Waals surface area contributed by atoms with E-state index in [-0.39, 0.29) is 5.91 Å². The zero-order chi connectivity index (χ0) is 16.2. The van der Waals surface area contributed by atoms with E-state index >= 15 is 0 Å². The van der Waals surface area contributed by atoms with Gasteiger partial charge in [0.1, 0.15) is 5.75 Å². The Bertz CT molecular complexity index is 676. The lowest BCUT2D eigenvalue weighted by atomic mass is 10.1. The van der Waals surface area contributed by atoms with Gasteiger partial charge in [0.2, 0.25) is 5.91 Å². The molecule has 5 nitrogen and oxygen atoms in total. The molecule has 1 aliphatic rings. The largest absolute Gasteiger partial charge is 0.494 e. The number of fused-ring (bicyclic) bond motifs is 1. The van der Waals surface area contributed by atoms with Crippen molar-refractivity contribution < 1.29 is 9.53 Å². The summed E-state index contributed by atoms with van der Waals surface area (Å²) in [5.74, 6) is 1.02. The molecule has 0 radical (unpaired) electrons. The maximum atomic E-state index is 12.6. The summed E-state index contributed by atoms with van der Waals surface area (Å²) in [6.07, 6.45) is 4.29. The third-order valence-electron chi connectivity index (χ3n) is 4.29. The third-order valence-corrected chi connectivity index (χ3v) is 4.29. The molecular weight excluding hydrogens is 290 g/mol. The summed E-state index contributed by atoms with van der Waals surface area (Å²) in [6.45, 7) is 4.09. The maximum absolute atomic E-state index is 12.6. The van der Waals surface area contributed by atoms with Crippen LogP contribution in [0.25, 0.3) is 0 Å². The minimum Gasteiger partial charge on any atom is -0.494 e. The second kappa shape index (κ2) is 6.86. The molecule has 1 aromatic carbocycles. The van der Waals surface area contributed by atoms with Crippen LogP contribution in [0.4, 0.5) is 0 Å². The van der Waals surface area contributed by atoms with Crippen LogP contribution < -0.4 is 4.74 Å². The van der Waals surface area contributed by atoms with Crippen molar-refractivity contribution in [3.8, 4) is 5.75 Å². The molecule has 0 N–H and O–H groups in total. The quantitative estimate of drug-likeness (QED) is 0.870. The Morgan fingerprint density at radius 1 is 1.30 bits per heavy atom. The van der Waals surface area contributed by atoms with Gasteiger partial charge < -0.3 is 9.64 Å². The van der Waals surface area contributed by atoms with Gasteiger partial charge in [-0.2, -0.15) is 5.10 Å². The van der Waals surface area contributed by atoms with Crippen LogP contribution in [0.15, 0.2) is 30.5 Å². The lowest BCUT2D eigenvalue weighted by Gasteiger charge is -2.20. The number of hydrogen-bond acceptors (Lipinski definition) is 3. The molecule has 2 heterocycles. The molecule has 23 heavy (non-hydrogen) atoms. The Kier molecular flexibility index (Phi) is 4.65. The number of nitrogens with zero attached hydrogens (tertiary/aromatic N) is 3. The Hall–Kier alpha value is -2.30. The van der Waals surface area contributed by atoms with Gasteiger partial charge in [0, 0.05) is 31.4 Å². The Labute approximate surface area is 136 Å². The zero-order valence-corrected chi connectivity index (χ0v) is 13.8. The summed E-state index contributed by atoms with van der Waals surface area (Å²) in [7, 11) is 1.97. The fourth-order valence-electron chi connectivity index (χ4n) is 3.05. The summed E-state index contributed by atoms with van der Waals surface area (Å²) >= 11 is 0. The minimum atomic E-state index is 0.172. The summed E-state index contributed by atoms with van der Waals surface area (Å²) in [4.78, 5) is 14.6. The van der Waals surface area contributed by atoms with Gasteiger partial charge in [-0.1, -0.05) is 12.1 Å². The van der Waals surface area contributed by atoms with Crippen LogP contribution in [0.3, 0.4) is 0 Å². The fourth-order valence-corrected chi connectivity index (χ4v) is 3.05. The van der Waals surface area contributed by atoms with Crippen LogP contribution in [0.2, 0.25) is 0 Å². The first-order valence-electron chi connectivity index (χ1n) is 8.16. The van der Waals surface area contributed by atoms with Crippen molar-refractivity contribution in [3.05, 3.63) is 47.3 Å². The highest BCUT2D eigenvalue weighted by molar-refractivity contribution is 5.79. The molecule has 0 spiro atoms. The summed E-state index contributed by atoms with van der Waals surface area (Å²) < 4.78 is 7.36. The van der Waals surface area contributed by atoms with Crippen LogP contribution in [-0.2, 0) is 31.2 Å². The average molecular weight is 313 g/mol. The molecule has 5 heteroatoms. The van der Waals surface area contributed by atoms with Gasteiger partial charge in [-0.3, -0.25) is 9.48 Å². The topological polar surface area (TPSA) is 47.4 Å². The second-order valence-electron chi connectivity index (χ2n) is 5.91. The van der Waals surface area contributed by atoms with Gasteiger partial charge in [0.25, 0.3) is 0 Å². The lowest BCUT2D eigenvalue weighted by molar-refractivity contribution is -0.131. The number of carbonyl (C=O) groups is 1. The predicted molar refractivity (Wildman–Crippen MR) is 88.3 cm³/mol. The molecule has 1 amide bonds. The fraction of sp³-hybridized carbons (Fsp3) is 0.444. The van der Waals surface area contributed by atoms with Crippen molar-refractivity contribution in [2.75, 3.05) is 13.2 Å². The van der Waals surface area contributed by atoms with Gasteiger partial charge in [-0.25, -0.2) is 0 Å². The van der Waals surface area contributed by atoms with Crippen LogP contribution in [-0.4, -0.2) is 33.7 Å². The highest BCUT2D eigenvalue weighted by atomic mass is 16.5. The second-order valence-corrected chi connectivity index (χ2v) is 5.91. The Morgan fingerprint density at radius 2 is 2.09 bits per heavy atom. The van der Waals surface area contributed by atoms with E-state index in [9.17, 15) is 4.79 Å². The number of benzene rings is 1. The molecule has 0 atom stereocenters. The van der Waals surface area contributed by atoms with E-state index in [1.807, 2.05) is 54.0 Å². The first-order valence-corrected chi connectivity index (χ1v) is 8.16. The highest BCUT2D eigenvalue weighted by Gasteiger charge is 2.21. The molecule has 0 bridgehead atoms. The van der Waals surface area contributed by atoms with Crippen molar-refractivity contribution in [1.82, 2.24) is 14.7 Å². The summed E-state index contributed by atoms with van der Waals surface area (Å²) in [6, 6.07) is 7.79. The van der Waals surface area contributed by atoms with E-state index in [0.717, 1.165) is 30.7 Å². The van der Waals surface area contributed by atoms with Gasteiger partial charge in [0.05, 0.1) is 19.2 Å². The van der Waals surface area contributed by atoms with Crippen LogP contribution in [0, 0.1) is 0 Å². The molecule has 0 saturated heterocycles. The maximum Gasteiger partial charge on any atom is 0.227 e. The normalized spacial score (nSPS) is 14.3. The highest BCUT2D eigenvalue weighted by Crippen LogP contribution is 2.19. The van der Waals surface area contributed by atoms with E-state index in [4.69, 9.17) is 4.74 Å². The molecule has 0 saturated carbocycles. The average Bonchev–Trinajstić information content (AvgIpc) is 2.77. The number of aromatic nitrogens is 2. The Morgan fingerprint density at radius 3 is 2.83 bits per heavy atom. The molecule has 1 aromatic heterocycles. The molecule has 0 fully saturated rings. The molecule has 2 aromatic rings. The third kappa shape index (κ3) is 3.55. The van der Waals surface area contributed by atoms with Crippen LogP contribution >= 0.6 is 0 Å². The van der Waals surface area contributed by atoms with Crippen molar-refractivity contribution in [2.45, 2.75) is 32.7 Å². The monoisotopic (exact) mass is 313 g/mol. The van der Waals surface area contributed by atoms with Gasteiger partial charge in [0.15, 0.2) is 0 Å². The molecule has 0 aliphatic carbocycles. The van der Waals surface area contributed by atoms with Crippen LogP contribution in [0.1, 0.15) is 30.2 Å². The van der Waals surface area contributed by atoms with Crippen molar-refractivity contribution in [2.24, 2.45) is 7.05 Å². The van der Waals surface area contributed by atoms with Crippen molar-refractivity contribution >= 4 is 5.91 Å². The van der Waals surface area contributed by atoms with E-state index in [0.29, 0.717) is 19.6 Å². The molecule has 122 valence electrons. The minimum absolute atomic E-state index is 0.172. The van der Waals surface area contributed by atoms with Crippen LogP contribution in [0.5, 0.6) is 5.75 Å². The van der Waals surface area contributed by atoms with E-state index in [2.05, 4.69) is 5.10 Å². The number of rotatable bonds is 4.